The third-order valence-corrected chi connectivity index (χ3v) is 3.98. The van der Waals surface area contributed by atoms with E-state index in [9.17, 15) is 27.6 Å². The summed E-state index contributed by atoms with van der Waals surface area (Å²) in [5.41, 5.74) is -0.624. The molecule has 0 aromatic heterocycles. The van der Waals surface area contributed by atoms with E-state index in [1.807, 2.05) is 0 Å². The van der Waals surface area contributed by atoms with E-state index >= 15 is 0 Å². The Morgan fingerprint density at radius 3 is 2.20 bits per heavy atom. The van der Waals surface area contributed by atoms with Gasteiger partial charge in [0, 0.05) is 46.1 Å². The lowest BCUT2D eigenvalue weighted by Crippen LogP contribution is -2.50. The number of nitrogens with one attached hydrogen (secondary N) is 1. The van der Waals surface area contributed by atoms with E-state index in [1.165, 1.54) is 6.92 Å². The first-order valence-electron chi connectivity index (χ1n) is 7.76. The number of benzene rings is 1. The normalized spacial score (nSPS) is 14.4. The minimum absolute atomic E-state index is 0.0168. The quantitative estimate of drug-likeness (QED) is 0.815. The third kappa shape index (κ3) is 4.49. The molecule has 6 nitrogen and oxygen atoms in total. The fourth-order valence-corrected chi connectivity index (χ4v) is 2.51. The first-order valence-corrected chi connectivity index (χ1v) is 7.76. The number of halogens is 3. The smallest absolute Gasteiger partial charge is 0.254 e. The fraction of sp³-hybridized carbons (Fsp3) is 0.438. The molecular weight excluding hydrogens is 339 g/mol. The monoisotopic (exact) mass is 357 g/mol. The van der Waals surface area contributed by atoms with Crippen LogP contribution < -0.4 is 5.32 Å². The third-order valence-electron chi connectivity index (χ3n) is 3.98. The van der Waals surface area contributed by atoms with Crippen molar-refractivity contribution in [3.8, 4) is 0 Å². The van der Waals surface area contributed by atoms with Gasteiger partial charge in [-0.25, -0.2) is 13.2 Å². The van der Waals surface area contributed by atoms with Gasteiger partial charge >= 0.3 is 0 Å². The Hall–Kier alpha value is -2.58. The summed E-state index contributed by atoms with van der Waals surface area (Å²) < 4.78 is 39.5. The second-order valence-corrected chi connectivity index (χ2v) is 5.62. The summed E-state index contributed by atoms with van der Waals surface area (Å²) in [6.45, 7) is 3.11. The molecule has 1 saturated heterocycles. The van der Waals surface area contributed by atoms with Crippen molar-refractivity contribution in [2.24, 2.45) is 0 Å². The number of rotatable bonds is 4. The number of piperazine rings is 1. The van der Waals surface area contributed by atoms with Gasteiger partial charge in [0.2, 0.25) is 11.8 Å². The van der Waals surface area contributed by atoms with E-state index < -0.39 is 28.9 Å². The van der Waals surface area contributed by atoms with Crippen LogP contribution in [0.4, 0.5) is 13.2 Å². The zero-order valence-corrected chi connectivity index (χ0v) is 13.7. The molecule has 0 saturated carbocycles. The molecule has 0 bridgehead atoms. The standard InChI is InChI=1S/C16H18F3N3O3/c1-10(23)21-6-8-22(9-7-21)13(24)4-5-20-16(25)11-2-3-12(17)15(19)14(11)18/h2-3H,4-9H2,1H3,(H,20,25). The highest BCUT2D eigenvalue weighted by molar-refractivity contribution is 5.94. The molecule has 0 spiro atoms. The van der Waals surface area contributed by atoms with Gasteiger partial charge in [0.15, 0.2) is 17.5 Å². The average Bonchev–Trinajstić information content (AvgIpc) is 2.59. The van der Waals surface area contributed by atoms with Crippen LogP contribution in [0, 0.1) is 17.5 Å². The van der Waals surface area contributed by atoms with Crippen molar-refractivity contribution in [3.05, 3.63) is 35.1 Å². The number of amides is 3. The van der Waals surface area contributed by atoms with Crippen LogP contribution >= 0.6 is 0 Å². The molecule has 1 aliphatic rings. The van der Waals surface area contributed by atoms with Gasteiger partial charge in [-0.2, -0.15) is 0 Å². The number of nitrogens with zero attached hydrogens (tertiary/aromatic N) is 2. The summed E-state index contributed by atoms with van der Waals surface area (Å²) >= 11 is 0. The summed E-state index contributed by atoms with van der Waals surface area (Å²) in [4.78, 5) is 38.3. The van der Waals surface area contributed by atoms with Crippen molar-refractivity contribution in [1.82, 2.24) is 15.1 Å². The van der Waals surface area contributed by atoms with Gasteiger partial charge in [-0.1, -0.05) is 0 Å². The Balaban J connectivity index is 1.81. The molecule has 136 valence electrons. The molecule has 0 unspecified atom stereocenters. The Kier molecular flexibility index (Phi) is 6.00. The maximum Gasteiger partial charge on any atom is 0.254 e. The Labute approximate surface area is 142 Å². The van der Waals surface area contributed by atoms with Crippen molar-refractivity contribution in [2.45, 2.75) is 13.3 Å². The summed E-state index contributed by atoms with van der Waals surface area (Å²) in [5, 5.41) is 2.30. The first-order chi connectivity index (χ1) is 11.8. The summed E-state index contributed by atoms with van der Waals surface area (Å²) in [6.07, 6.45) is -0.0168. The van der Waals surface area contributed by atoms with Gasteiger partial charge in [0.05, 0.1) is 5.56 Å². The van der Waals surface area contributed by atoms with Gasteiger partial charge in [-0.15, -0.1) is 0 Å². The van der Waals surface area contributed by atoms with Crippen LogP contribution in [0.2, 0.25) is 0 Å². The largest absolute Gasteiger partial charge is 0.351 e. The van der Waals surface area contributed by atoms with Crippen molar-refractivity contribution >= 4 is 17.7 Å². The van der Waals surface area contributed by atoms with Crippen molar-refractivity contribution < 1.29 is 27.6 Å². The zero-order chi connectivity index (χ0) is 18.6. The van der Waals surface area contributed by atoms with Crippen LogP contribution in [-0.2, 0) is 9.59 Å². The average molecular weight is 357 g/mol. The molecule has 25 heavy (non-hydrogen) atoms. The highest BCUT2D eigenvalue weighted by Crippen LogP contribution is 2.15. The number of hydrogen-bond donors (Lipinski definition) is 1. The number of hydrogen-bond acceptors (Lipinski definition) is 3. The molecule has 1 aliphatic heterocycles. The lowest BCUT2D eigenvalue weighted by atomic mass is 10.2. The van der Waals surface area contributed by atoms with Crippen LogP contribution in [0.1, 0.15) is 23.7 Å². The fourth-order valence-electron chi connectivity index (χ4n) is 2.51. The molecule has 9 heteroatoms. The van der Waals surface area contributed by atoms with E-state index in [0.29, 0.717) is 32.2 Å². The molecule has 1 N–H and O–H groups in total. The minimum Gasteiger partial charge on any atom is -0.351 e. The molecule has 0 atom stereocenters. The summed E-state index contributed by atoms with van der Waals surface area (Å²) in [5.74, 6) is -5.85. The highest BCUT2D eigenvalue weighted by Gasteiger charge is 2.23. The predicted molar refractivity (Wildman–Crippen MR) is 82.1 cm³/mol. The van der Waals surface area contributed by atoms with E-state index in [0.717, 1.165) is 6.07 Å². The summed E-state index contributed by atoms with van der Waals surface area (Å²) in [6, 6.07) is 1.50. The molecule has 2 rings (SSSR count). The van der Waals surface area contributed by atoms with Crippen LogP contribution in [0.5, 0.6) is 0 Å². The van der Waals surface area contributed by atoms with Crippen molar-refractivity contribution in [2.75, 3.05) is 32.7 Å². The maximum atomic E-state index is 13.5. The topological polar surface area (TPSA) is 69.7 Å². The van der Waals surface area contributed by atoms with Crippen LogP contribution in [0.25, 0.3) is 0 Å². The van der Waals surface area contributed by atoms with Gasteiger partial charge < -0.3 is 15.1 Å². The van der Waals surface area contributed by atoms with E-state index in [1.54, 1.807) is 9.80 Å². The molecular formula is C16H18F3N3O3. The molecule has 1 aromatic rings. The van der Waals surface area contributed by atoms with Crippen LogP contribution in [-0.4, -0.2) is 60.2 Å². The van der Waals surface area contributed by atoms with Gasteiger partial charge in [-0.3, -0.25) is 14.4 Å². The van der Waals surface area contributed by atoms with Crippen molar-refractivity contribution in [3.63, 3.8) is 0 Å². The lowest BCUT2D eigenvalue weighted by molar-refractivity contribution is -0.138. The molecule has 0 radical (unpaired) electrons. The van der Waals surface area contributed by atoms with Gasteiger partial charge in [-0.05, 0) is 12.1 Å². The Morgan fingerprint density at radius 2 is 1.60 bits per heavy atom. The number of carbonyl (C=O) groups is 3. The first kappa shape index (κ1) is 18.8. The zero-order valence-electron chi connectivity index (χ0n) is 13.7. The predicted octanol–water partition coefficient (Wildman–Crippen LogP) is 0.914. The molecule has 3 amide bonds. The van der Waals surface area contributed by atoms with E-state index in [2.05, 4.69) is 5.32 Å². The lowest BCUT2D eigenvalue weighted by Gasteiger charge is -2.34. The SMILES string of the molecule is CC(=O)N1CCN(C(=O)CCNC(=O)c2ccc(F)c(F)c2F)CC1. The highest BCUT2D eigenvalue weighted by atomic mass is 19.2. The molecule has 0 aliphatic carbocycles. The van der Waals surface area contributed by atoms with Gasteiger partial charge in [0.1, 0.15) is 0 Å². The van der Waals surface area contributed by atoms with E-state index in [4.69, 9.17) is 0 Å². The van der Waals surface area contributed by atoms with Gasteiger partial charge in [0.25, 0.3) is 5.91 Å². The van der Waals surface area contributed by atoms with Crippen molar-refractivity contribution in [1.29, 1.82) is 0 Å². The second-order valence-electron chi connectivity index (χ2n) is 5.62. The molecule has 1 aromatic carbocycles. The van der Waals surface area contributed by atoms with E-state index in [-0.39, 0.29) is 24.8 Å². The molecule has 1 fully saturated rings. The minimum atomic E-state index is -1.72. The summed E-state index contributed by atoms with van der Waals surface area (Å²) in [7, 11) is 0. The van der Waals surface area contributed by atoms with Crippen LogP contribution in [0.15, 0.2) is 12.1 Å². The Morgan fingerprint density at radius 1 is 1.00 bits per heavy atom. The maximum absolute atomic E-state index is 13.5. The molecule has 1 heterocycles. The number of carbonyl (C=O) groups excluding carboxylic acids is 3. The van der Waals surface area contributed by atoms with Crippen LogP contribution in [0.3, 0.4) is 0 Å². The second kappa shape index (κ2) is 8.00. The Bertz CT molecular complexity index is 689.